The van der Waals surface area contributed by atoms with Crippen molar-refractivity contribution in [1.82, 2.24) is 10.6 Å². The van der Waals surface area contributed by atoms with Crippen molar-refractivity contribution in [3.05, 3.63) is 0 Å². The van der Waals surface area contributed by atoms with Gasteiger partial charge in [-0.25, -0.2) is 0 Å². The van der Waals surface area contributed by atoms with Crippen LogP contribution in [0.5, 0.6) is 0 Å². The van der Waals surface area contributed by atoms with Gasteiger partial charge in [0.15, 0.2) is 0 Å². The molecule has 3 aliphatic carbocycles. The van der Waals surface area contributed by atoms with Crippen LogP contribution >= 0.6 is 0 Å². The van der Waals surface area contributed by atoms with Gasteiger partial charge in [-0.05, 0) is 87.9 Å². The zero-order valence-corrected chi connectivity index (χ0v) is 18.6. The van der Waals surface area contributed by atoms with Gasteiger partial charge in [-0.2, -0.15) is 0 Å². The van der Waals surface area contributed by atoms with E-state index in [4.69, 9.17) is 0 Å². The normalized spacial score (nSPS) is 31.1. The van der Waals surface area contributed by atoms with E-state index in [1.165, 1.54) is 0 Å². The van der Waals surface area contributed by atoms with Gasteiger partial charge in [-0.15, -0.1) is 0 Å². The molecule has 0 heterocycles. The Morgan fingerprint density at radius 1 is 0.571 bits per heavy atom. The van der Waals surface area contributed by atoms with Crippen molar-refractivity contribution in [2.24, 2.45) is 22.7 Å². The molecule has 0 aromatic carbocycles. The monoisotopic (exact) mass is 390 g/mol. The molecule has 0 unspecified atom stereocenters. The Hall–Kier alpha value is -1.06. The average molecular weight is 391 g/mol. The second-order valence-electron chi connectivity index (χ2n) is 11.4. The van der Waals surface area contributed by atoms with Crippen LogP contribution in [0.25, 0.3) is 0 Å². The second-order valence-corrected chi connectivity index (χ2v) is 11.4. The molecule has 0 bridgehead atoms. The summed E-state index contributed by atoms with van der Waals surface area (Å²) in [4.78, 5) is 25.2. The van der Waals surface area contributed by atoms with E-state index in [0.717, 1.165) is 77.0 Å². The van der Waals surface area contributed by atoms with Crippen LogP contribution in [0.1, 0.15) is 105 Å². The largest absolute Gasteiger partial charge is 0.353 e. The fourth-order valence-corrected chi connectivity index (χ4v) is 5.34. The molecular weight excluding hydrogens is 348 g/mol. The van der Waals surface area contributed by atoms with E-state index in [1.807, 2.05) is 0 Å². The van der Waals surface area contributed by atoms with E-state index in [1.54, 1.807) is 0 Å². The lowest BCUT2D eigenvalue weighted by Crippen LogP contribution is -2.47. The van der Waals surface area contributed by atoms with E-state index in [-0.39, 0.29) is 23.7 Å². The van der Waals surface area contributed by atoms with E-state index in [2.05, 4.69) is 38.3 Å². The summed E-state index contributed by atoms with van der Waals surface area (Å²) in [6.45, 7) is 9.24. The van der Waals surface area contributed by atoms with Gasteiger partial charge in [-0.3, -0.25) is 9.59 Å². The zero-order chi connectivity index (χ0) is 20.4. The van der Waals surface area contributed by atoms with Gasteiger partial charge in [0.05, 0.1) is 0 Å². The molecule has 0 aromatic heterocycles. The summed E-state index contributed by atoms with van der Waals surface area (Å²) in [5.74, 6) is 0.961. The maximum Gasteiger partial charge on any atom is 0.223 e. The SMILES string of the molecule is CC1(C)CCC(C(=O)NC2CCC(NC(=O)C3CCC(C)(C)CC3)CC2)CC1. The van der Waals surface area contributed by atoms with Crippen LogP contribution in [-0.4, -0.2) is 23.9 Å². The fraction of sp³-hybridized carbons (Fsp3) is 0.917. The zero-order valence-electron chi connectivity index (χ0n) is 18.6. The molecule has 0 saturated heterocycles. The van der Waals surface area contributed by atoms with Crippen LogP contribution in [0.4, 0.5) is 0 Å². The van der Waals surface area contributed by atoms with Crippen LogP contribution in [0.15, 0.2) is 0 Å². The maximum atomic E-state index is 12.6. The molecule has 4 heteroatoms. The third-order valence-electron chi connectivity index (χ3n) is 7.84. The minimum Gasteiger partial charge on any atom is -0.353 e. The van der Waals surface area contributed by atoms with Gasteiger partial charge in [0.2, 0.25) is 11.8 Å². The molecule has 3 saturated carbocycles. The minimum atomic E-state index is 0.209. The van der Waals surface area contributed by atoms with Crippen LogP contribution in [0, 0.1) is 22.7 Å². The van der Waals surface area contributed by atoms with Crippen LogP contribution in [0.2, 0.25) is 0 Å². The Kier molecular flexibility index (Phi) is 6.76. The molecule has 0 spiro atoms. The molecule has 3 fully saturated rings. The van der Waals surface area contributed by atoms with E-state index >= 15 is 0 Å². The number of amides is 2. The summed E-state index contributed by atoms with van der Waals surface area (Å²) in [6.07, 6.45) is 12.7. The lowest BCUT2D eigenvalue weighted by atomic mass is 9.72. The van der Waals surface area contributed by atoms with E-state index in [9.17, 15) is 9.59 Å². The predicted octanol–water partition coefficient (Wildman–Crippen LogP) is 4.96. The Bertz CT molecular complexity index is 491. The van der Waals surface area contributed by atoms with Crippen molar-refractivity contribution in [2.75, 3.05) is 0 Å². The molecule has 0 aromatic rings. The molecular formula is C24H42N2O2. The third kappa shape index (κ3) is 5.97. The Morgan fingerprint density at radius 2 is 0.857 bits per heavy atom. The first kappa shape index (κ1) is 21.6. The van der Waals surface area contributed by atoms with Gasteiger partial charge < -0.3 is 10.6 Å². The summed E-state index contributed by atoms with van der Waals surface area (Å²) in [7, 11) is 0. The second kappa shape index (κ2) is 8.75. The van der Waals surface area contributed by atoms with E-state index < -0.39 is 0 Å². The van der Waals surface area contributed by atoms with Crippen LogP contribution in [-0.2, 0) is 9.59 Å². The van der Waals surface area contributed by atoms with Crippen molar-refractivity contribution in [3.63, 3.8) is 0 Å². The Morgan fingerprint density at radius 3 is 1.14 bits per heavy atom. The highest BCUT2D eigenvalue weighted by atomic mass is 16.2. The molecule has 4 nitrogen and oxygen atoms in total. The molecule has 0 aliphatic heterocycles. The topological polar surface area (TPSA) is 58.2 Å². The smallest absolute Gasteiger partial charge is 0.223 e. The minimum absolute atomic E-state index is 0.209. The van der Waals surface area contributed by atoms with Gasteiger partial charge in [0.1, 0.15) is 0 Å². The van der Waals surface area contributed by atoms with E-state index in [0.29, 0.717) is 22.9 Å². The lowest BCUT2D eigenvalue weighted by Gasteiger charge is -2.36. The summed E-state index contributed by atoms with van der Waals surface area (Å²) >= 11 is 0. The van der Waals surface area contributed by atoms with Crippen molar-refractivity contribution < 1.29 is 9.59 Å². The van der Waals surface area contributed by atoms with Crippen molar-refractivity contribution in [3.8, 4) is 0 Å². The molecule has 28 heavy (non-hydrogen) atoms. The molecule has 2 amide bonds. The highest BCUT2D eigenvalue weighted by Crippen LogP contribution is 2.39. The maximum absolute atomic E-state index is 12.6. The van der Waals surface area contributed by atoms with Gasteiger partial charge >= 0.3 is 0 Å². The quantitative estimate of drug-likeness (QED) is 0.712. The summed E-state index contributed by atoms with van der Waals surface area (Å²) in [6, 6.07) is 0.595. The number of hydrogen-bond donors (Lipinski definition) is 2. The first-order chi connectivity index (χ1) is 13.1. The summed E-state index contributed by atoms with van der Waals surface area (Å²) < 4.78 is 0. The average Bonchev–Trinajstić information content (AvgIpc) is 2.63. The third-order valence-corrected chi connectivity index (χ3v) is 7.84. The molecule has 3 aliphatic rings. The first-order valence-electron chi connectivity index (χ1n) is 11.7. The summed E-state index contributed by atoms with van der Waals surface area (Å²) in [5, 5.41) is 6.62. The molecule has 160 valence electrons. The predicted molar refractivity (Wildman–Crippen MR) is 114 cm³/mol. The number of hydrogen-bond acceptors (Lipinski definition) is 2. The Labute approximate surface area is 172 Å². The van der Waals surface area contributed by atoms with Crippen molar-refractivity contribution in [1.29, 1.82) is 0 Å². The van der Waals surface area contributed by atoms with Crippen LogP contribution < -0.4 is 10.6 Å². The highest BCUT2D eigenvalue weighted by molar-refractivity contribution is 5.79. The molecule has 3 rings (SSSR count). The summed E-state index contributed by atoms with van der Waals surface area (Å²) in [5.41, 5.74) is 0.808. The van der Waals surface area contributed by atoms with Gasteiger partial charge in [0.25, 0.3) is 0 Å². The Balaban J connectivity index is 1.35. The standard InChI is InChI=1S/C24H42N2O2/c1-23(2)13-9-17(10-14-23)21(27)25-19-5-7-20(8-6-19)26-22(28)18-11-15-24(3,4)16-12-18/h17-20H,5-16H2,1-4H3,(H,25,27)(H,26,28). The van der Waals surface area contributed by atoms with Gasteiger partial charge in [-0.1, -0.05) is 27.7 Å². The highest BCUT2D eigenvalue weighted by Gasteiger charge is 2.34. The fourth-order valence-electron chi connectivity index (χ4n) is 5.34. The first-order valence-corrected chi connectivity index (χ1v) is 11.7. The molecule has 0 radical (unpaired) electrons. The van der Waals surface area contributed by atoms with Crippen molar-refractivity contribution in [2.45, 2.75) is 117 Å². The van der Waals surface area contributed by atoms with Crippen molar-refractivity contribution >= 4 is 11.8 Å². The number of carbonyl (C=O) groups excluding carboxylic acids is 2. The molecule has 0 atom stereocenters. The number of carbonyl (C=O) groups is 2. The number of rotatable bonds is 4. The van der Waals surface area contributed by atoms with Gasteiger partial charge in [0, 0.05) is 23.9 Å². The lowest BCUT2D eigenvalue weighted by molar-refractivity contribution is -0.129. The van der Waals surface area contributed by atoms with Crippen LogP contribution in [0.3, 0.4) is 0 Å². The molecule has 2 N–H and O–H groups in total. The number of nitrogens with one attached hydrogen (secondary N) is 2.